The molecule has 0 spiro atoms. The summed E-state index contributed by atoms with van der Waals surface area (Å²) in [4.78, 5) is 23.6. The molecule has 0 saturated heterocycles. The van der Waals surface area contributed by atoms with Gasteiger partial charge in [0.2, 0.25) is 5.91 Å². The number of aromatic nitrogens is 2. The summed E-state index contributed by atoms with van der Waals surface area (Å²) >= 11 is 0. The van der Waals surface area contributed by atoms with E-state index >= 15 is 0 Å². The van der Waals surface area contributed by atoms with Crippen LogP contribution in [0.3, 0.4) is 0 Å². The number of aryl methyl sites for hydroxylation is 2. The topological polar surface area (TPSA) is 74.8 Å². The maximum Gasteiger partial charge on any atom is 0.264 e. The number of rotatable bonds is 3. The highest BCUT2D eigenvalue weighted by atomic mass is 16.1. The van der Waals surface area contributed by atoms with Crippen molar-refractivity contribution < 1.29 is 4.79 Å². The van der Waals surface area contributed by atoms with E-state index in [-0.39, 0.29) is 17.5 Å². The minimum atomic E-state index is -0.189. The van der Waals surface area contributed by atoms with Gasteiger partial charge < -0.3 is 5.32 Å². The molecule has 114 valence electrons. The van der Waals surface area contributed by atoms with Gasteiger partial charge in [-0.05, 0) is 42.9 Å². The van der Waals surface area contributed by atoms with E-state index in [1.807, 2.05) is 31.2 Å². The Kier molecular flexibility index (Phi) is 4.04. The van der Waals surface area contributed by atoms with Crippen LogP contribution in [-0.4, -0.2) is 22.1 Å². The van der Waals surface area contributed by atoms with E-state index in [4.69, 9.17) is 0 Å². The van der Waals surface area contributed by atoms with Crippen molar-refractivity contribution in [3.8, 4) is 0 Å². The van der Waals surface area contributed by atoms with Crippen molar-refractivity contribution in [2.75, 3.05) is 0 Å². The van der Waals surface area contributed by atoms with Crippen molar-refractivity contribution in [2.24, 2.45) is 0 Å². The molecule has 1 atom stereocenters. The van der Waals surface area contributed by atoms with Gasteiger partial charge in [-0.3, -0.25) is 9.59 Å². The third kappa shape index (κ3) is 3.24. The number of fused-ring (bicyclic) bond motifs is 1. The van der Waals surface area contributed by atoms with Gasteiger partial charge in [-0.2, -0.15) is 5.10 Å². The fraction of sp³-hybridized carbons (Fsp3) is 0.353. The average molecular weight is 297 g/mol. The highest BCUT2D eigenvalue weighted by Gasteiger charge is 2.21. The first kappa shape index (κ1) is 14.5. The van der Waals surface area contributed by atoms with Crippen LogP contribution in [0.1, 0.15) is 28.8 Å². The second-order valence-corrected chi connectivity index (χ2v) is 5.81. The van der Waals surface area contributed by atoms with Gasteiger partial charge >= 0.3 is 0 Å². The Balaban J connectivity index is 1.63. The van der Waals surface area contributed by atoms with E-state index in [0.717, 1.165) is 35.2 Å². The number of hydrogen-bond acceptors (Lipinski definition) is 3. The summed E-state index contributed by atoms with van der Waals surface area (Å²) in [5, 5.41) is 9.60. The fourth-order valence-electron chi connectivity index (χ4n) is 2.92. The van der Waals surface area contributed by atoms with Gasteiger partial charge in [0.05, 0.1) is 12.1 Å². The van der Waals surface area contributed by atoms with Gasteiger partial charge in [0.1, 0.15) is 0 Å². The number of carbonyl (C=O) groups is 1. The molecular weight excluding hydrogens is 278 g/mol. The van der Waals surface area contributed by atoms with Crippen LogP contribution in [-0.2, 0) is 24.1 Å². The number of amides is 1. The lowest BCUT2D eigenvalue weighted by Crippen LogP contribution is -2.40. The third-order valence-corrected chi connectivity index (χ3v) is 4.15. The molecule has 5 nitrogen and oxygen atoms in total. The van der Waals surface area contributed by atoms with E-state index in [9.17, 15) is 9.59 Å². The summed E-state index contributed by atoms with van der Waals surface area (Å²) in [6.07, 6.45) is 2.70. The Hall–Kier alpha value is -2.43. The van der Waals surface area contributed by atoms with E-state index in [1.165, 1.54) is 0 Å². The lowest BCUT2D eigenvalue weighted by molar-refractivity contribution is -0.121. The lowest BCUT2D eigenvalue weighted by Gasteiger charge is -2.24. The summed E-state index contributed by atoms with van der Waals surface area (Å²) < 4.78 is 0. The molecule has 0 radical (unpaired) electrons. The van der Waals surface area contributed by atoms with E-state index in [0.29, 0.717) is 12.8 Å². The zero-order chi connectivity index (χ0) is 15.5. The minimum absolute atomic E-state index is 0.0283. The highest BCUT2D eigenvalue weighted by Crippen LogP contribution is 2.18. The molecule has 0 bridgehead atoms. The largest absolute Gasteiger partial charge is 0.353 e. The Labute approximate surface area is 128 Å². The van der Waals surface area contributed by atoms with Crippen molar-refractivity contribution in [2.45, 2.75) is 38.6 Å². The number of aromatic amines is 1. The summed E-state index contributed by atoms with van der Waals surface area (Å²) in [5.74, 6) is 0.0283. The second-order valence-electron chi connectivity index (χ2n) is 5.81. The SMILES string of the molecule is Cc1ccccc1CC(=O)N[C@H]1CCc2n[nH]c(=O)cc2C1. The third-order valence-electron chi connectivity index (χ3n) is 4.15. The maximum atomic E-state index is 12.2. The first-order valence-corrected chi connectivity index (χ1v) is 7.53. The molecule has 1 amide bonds. The smallest absolute Gasteiger partial charge is 0.264 e. The standard InChI is InChI=1S/C17H19N3O2/c1-11-4-2-3-5-12(11)9-16(21)18-14-6-7-15-13(8-14)10-17(22)20-19-15/h2-5,10,14H,6-9H2,1H3,(H,18,21)(H,20,22)/t14-/m0/s1. The molecule has 1 aliphatic carbocycles. The van der Waals surface area contributed by atoms with Gasteiger partial charge in [-0.15, -0.1) is 0 Å². The Morgan fingerprint density at radius 1 is 1.41 bits per heavy atom. The molecule has 0 saturated carbocycles. The molecule has 3 rings (SSSR count). The molecule has 2 aromatic rings. The highest BCUT2D eigenvalue weighted by molar-refractivity contribution is 5.79. The van der Waals surface area contributed by atoms with E-state index in [2.05, 4.69) is 15.5 Å². The van der Waals surface area contributed by atoms with Gasteiger partial charge in [0, 0.05) is 12.1 Å². The lowest BCUT2D eigenvalue weighted by atomic mass is 9.92. The number of nitrogens with zero attached hydrogens (tertiary/aromatic N) is 1. The summed E-state index contributed by atoms with van der Waals surface area (Å²) in [6, 6.07) is 9.57. The van der Waals surface area contributed by atoms with Gasteiger partial charge in [0.25, 0.3) is 5.56 Å². The molecule has 0 aliphatic heterocycles. The zero-order valence-electron chi connectivity index (χ0n) is 12.6. The number of H-pyrrole nitrogens is 1. The monoisotopic (exact) mass is 297 g/mol. The van der Waals surface area contributed by atoms with Crippen LogP contribution in [0.5, 0.6) is 0 Å². The second kappa shape index (κ2) is 6.13. The van der Waals surface area contributed by atoms with Crippen molar-refractivity contribution in [3.63, 3.8) is 0 Å². The minimum Gasteiger partial charge on any atom is -0.353 e. The fourth-order valence-corrected chi connectivity index (χ4v) is 2.92. The number of hydrogen-bond donors (Lipinski definition) is 2. The van der Waals surface area contributed by atoms with Crippen LogP contribution < -0.4 is 10.9 Å². The zero-order valence-corrected chi connectivity index (χ0v) is 12.6. The molecule has 5 heteroatoms. The van der Waals surface area contributed by atoms with Crippen LogP contribution in [0.4, 0.5) is 0 Å². The van der Waals surface area contributed by atoms with Crippen LogP contribution in [0.25, 0.3) is 0 Å². The van der Waals surface area contributed by atoms with Crippen molar-refractivity contribution in [3.05, 3.63) is 63.1 Å². The van der Waals surface area contributed by atoms with Crippen molar-refractivity contribution >= 4 is 5.91 Å². The molecular formula is C17H19N3O2. The summed E-state index contributed by atoms with van der Waals surface area (Å²) in [7, 11) is 0. The van der Waals surface area contributed by atoms with Crippen LogP contribution in [0.2, 0.25) is 0 Å². The predicted octanol–water partition coefficient (Wildman–Crippen LogP) is 1.29. The summed E-state index contributed by atoms with van der Waals surface area (Å²) in [6.45, 7) is 2.01. The van der Waals surface area contributed by atoms with Crippen LogP contribution in [0.15, 0.2) is 35.1 Å². The van der Waals surface area contributed by atoms with Crippen molar-refractivity contribution in [1.82, 2.24) is 15.5 Å². The quantitative estimate of drug-likeness (QED) is 0.896. The number of benzene rings is 1. The van der Waals surface area contributed by atoms with E-state index in [1.54, 1.807) is 6.07 Å². The normalized spacial score (nSPS) is 16.9. The molecule has 1 aliphatic rings. The van der Waals surface area contributed by atoms with E-state index < -0.39 is 0 Å². The summed E-state index contributed by atoms with van der Waals surface area (Å²) in [5.41, 5.74) is 3.86. The molecule has 0 fully saturated rings. The average Bonchev–Trinajstić information content (AvgIpc) is 2.49. The van der Waals surface area contributed by atoms with Gasteiger partial charge in [-0.1, -0.05) is 24.3 Å². The van der Waals surface area contributed by atoms with Gasteiger partial charge in [0.15, 0.2) is 0 Å². The predicted molar refractivity (Wildman–Crippen MR) is 83.7 cm³/mol. The Morgan fingerprint density at radius 2 is 2.23 bits per heavy atom. The molecule has 1 heterocycles. The Morgan fingerprint density at radius 3 is 3.05 bits per heavy atom. The van der Waals surface area contributed by atoms with Gasteiger partial charge in [-0.25, -0.2) is 5.10 Å². The molecule has 2 N–H and O–H groups in total. The Bertz CT molecular complexity index is 752. The first-order valence-electron chi connectivity index (χ1n) is 7.53. The van der Waals surface area contributed by atoms with Crippen LogP contribution in [0, 0.1) is 6.92 Å². The number of nitrogens with one attached hydrogen (secondary N) is 2. The molecule has 0 unspecified atom stereocenters. The molecule has 1 aromatic heterocycles. The van der Waals surface area contributed by atoms with Crippen molar-refractivity contribution in [1.29, 1.82) is 0 Å². The molecule has 22 heavy (non-hydrogen) atoms. The van der Waals surface area contributed by atoms with Crippen LogP contribution >= 0.6 is 0 Å². The number of carbonyl (C=O) groups excluding carboxylic acids is 1. The maximum absolute atomic E-state index is 12.2. The molecule has 1 aromatic carbocycles. The first-order chi connectivity index (χ1) is 10.6.